The van der Waals surface area contributed by atoms with Gasteiger partial charge in [-0.05, 0) is 25.0 Å². The van der Waals surface area contributed by atoms with E-state index in [1.165, 1.54) is 6.07 Å². The van der Waals surface area contributed by atoms with Crippen LogP contribution in [-0.2, 0) is 10.2 Å². The fourth-order valence-electron chi connectivity index (χ4n) is 1.98. The molecular weight excluding hydrogens is 223 g/mol. The summed E-state index contributed by atoms with van der Waals surface area (Å²) in [4.78, 5) is 0. The van der Waals surface area contributed by atoms with E-state index in [-0.39, 0.29) is 19.3 Å². The summed E-state index contributed by atoms with van der Waals surface area (Å²) in [7, 11) is 1.55. The molecule has 0 aliphatic carbocycles. The SMILES string of the molecule is COC(C)CC(CO)(CO)c1ccccc1F. The molecule has 3 nitrogen and oxygen atoms in total. The third kappa shape index (κ3) is 3.03. The predicted octanol–water partition coefficient (Wildman–Crippen LogP) is 1.47. The summed E-state index contributed by atoms with van der Waals surface area (Å²) < 4.78 is 18.9. The van der Waals surface area contributed by atoms with Crippen molar-refractivity contribution in [1.29, 1.82) is 0 Å². The van der Waals surface area contributed by atoms with E-state index in [4.69, 9.17) is 4.74 Å². The van der Waals surface area contributed by atoms with Gasteiger partial charge >= 0.3 is 0 Å². The van der Waals surface area contributed by atoms with Crippen molar-refractivity contribution in [2.24, 2.45) is 0 Å². The van der Waals surface area contributed by atoms with Crippen LogP contribution in [0.2, 0.25) is 0 Å². The smallest absolute Gasteiger partial charge is 0.127 e. The molecule has 1 aromatic rings. The molecule has 2 N–H and O–H groups in total. The summed E-state index contributed by atoms with van der Waals surface area (Å²) in [6, 6.07) is 6.19. The van der Waals surface area contributed by atoms with Crippen molar-refractivity contribution in [2.75, 3.05) is 20.3 Å². The minimum atomic E-state index is -0.999. The minimum absolute atomic E-state index is 0.172. The first kappa shape index (κ1) is 14.1. The van der Waals surface area contributed by atoms with Crippen LogP contribution in [0.15, 0.2) is 24.3 Å². The lowest BCUT2D eigenvalue weighted by atomic mass is 9.77. The molecule has 96 valence electrons. The molecule has 0 amide bonds. The number of halogens is 1. The van der Waals surface area contributed by atoms with Crippen LogP contribution in [0.4, 0.5) is 4.39 Å². The van der Waals surface area contributed by atoms with Gasteiger partial charge < -0.3 is 14.9 Å². The Hall–Kier alpha value is -0.970. The Morgan fingerprint density at radius 2 is 1.88 bits per heavy atom. The van der Waals surface area contributed by atoms with E-state index in [9.17, 15) is 14.6 Å². The Morgan fingerprint density at radius 3 is 2.35 bits per heavy atom. The van der Waals surface area contributed by atoms with Gasteiger partial charge in [-0.2, -0.15) is 0 Å². The Bertz CT molecular complexity index is 350. The van der Waals surface area contributed by atoms with Crippen LogP contribution >= 0.6 is 0 Å². The van der Waals surface area contributed by atoms with E-state index in [1.807, 2.05) is 6.92 Å². The molecule has 1 aromatic carbocycles. The number of ether oxygens (including phenoxy) is 1. The molecule has 0 aliphatic rings. The molecule has 0 fully saturated rings. The maximum absolute atomic E-state index is 13.7. The van der Waals surface area contributed by atoms with Crippen LogP contribution in [0.1, 0.15) is 18.9 Å². The summed E-state index contributed by atoms with van der Waals surface area (Å²) >= 11 is 0. The molecule has 17 heavy (non-hydrogen) atoms. The number of benzene rings is 1. The Balaban J connectivity index is 3.11. The topological polar surface area (TPSA) is 49.7 Å². The Kier molecular flexibility index (Phi) is 5.05. The average Bonchev–Trinajstić information content (AvgIpc) is 2.36. The molecule has 0 heterocycles. The van der Waals surface area contributed by atoms with Gasteiger partial charge in [-0.1, -0.05) is 18.2 Å². The standard InChI is InChI=1S/C13H19FO3/c1-10(17-2)7-13(8-15,9-16)11-5-3-4-6-12(11)14/h3-6,10,15-16H,7-9H2,1-2H3. The lowest BCUT2D eigenvalue weighted by molar-refractivity contribution is 0.0390. The van der Waals surface area contributed by atoms with Crippen molar-refractivity contribution in [3.05, 3.63) is 35.6 Å². The first-order valence-electron chi connectivity index (χ1n) is 5.59. The summed E-state index contributed by atoms with van der Waals surface area (Å²) in [6.07, 6.45) is 0.186. The second-order valence-corrected chi connectivity index (χ2v) is 4.33. The molecule has 1 rings (SSSR count). The summed E-state index contributed by atoms with van der Waals surface area (Å²) in [5.74, 6) is -0.418. The number of hydrogen-bond acceptors (Lipinski definition) is 3. The molecule has 0 aromatic heterocycles. The van der Waals surface area contributed by atoms with E-state index in [0.29, 0.717) is 12.0 Å². The maximum atomic E-state index is 13.7. The van der Waals surface area contributed by atoms with E-state index in [2.05, 4.69) is 0 Å². The first-order valence-corrected chi connectivity index (χ1v) is 5.59. The lowest BCUT2D eigenvalue weighted by Crippen LogP contribution is -2.39. The third-order valence-electron chi connectivity index (χ3n) is 3.13. The highest BCUT2D eigenvalue weighted by Crippen LogP contribution is 2.31. The van der Waals surface area contributed by atoms with Gasteiger partial charge in [-0.15, -0.1) is 0 Å². The monoisotopic (exact) mass is 242 g/mol. The first-order chi connectivity index (χ1) is 8.09. The summed E-state index contributed by atoms with van der Waals surface area (Å²) in [5, 5.41) is 19.0. The van der Waals surface area contributed by atoms with E-state index >= 15 is 0 Å². The highest BCUT2D eigenvalue weighted by Gasteiger charge is 2.35. The van der Waals surface area contributed by atoms with Crippen LogP contribution in [-0.4, -0.2) is 36.6 Å². The normalized spacial score (nSPS) is 13.7. The molecule has 0 bridgehead atoms. The van der Waals surface area contributed by atoms with Crippen LogP contribution in [0.5, 0.6) is 0 Å². The summed E-state index contributed by atoms with van der Waals surface area (Å²) in [5.41, 5.74) is -0.672. The number of methoxy groups -OCH3 is 1. The number of aliphatic hydroxyl groups is 2. The quantitative estimate of drug-likeness (QED) is 0.794. The van der Waals surface area contributed by atoms with Crippen LogP contribution < -0.4 is 0 Å². The Labute approximate surface area is 101 Å². The predicted molar refractivity (Wildman–Crippen MR) is 63.3 cm³/mol. The molecule has 0 saturated heterocycles. The van der Waals surface area contributed by atoms with Crippen molar-refractivity contribution in [1.82, 2.24) is 0 Å². The fraction of sp³-hybridized carbons (Fsp3) is 0.538. The molecule has 0 radical (unpaired) electrons. The zero-order chi connectivity index (χ0) is 12.9. The largest absolute Gasteiger partial charge is 0.395 e. The highest BCUT2D eigenvalue weighted by atomic mass is 19.1. The molecule has 4 heteroatoms. The van der Waals surface area contributed by atoms with Crippen LogP contribution in [0.25, 0.3) is 0 Å². The van der Waals surface area contributed by atoms with Gasteiger partial charge in [-0.3, -0.25) is 0 Å². The van der Waals surface area contributed by atoms with Crippen molar-refractivity contribution in [3.8, 4) is 0 Å². The molecule has 0 saturated carbocycles. The van der Waals surface area contributed by atoms with Crippen molar-refractivity contribution in [3.63, 3.8) is 0 Å². The number of rotatable bonds is 6. The fourth-order valence-corrected chi connectivity index (χ4v) is 1.98. The zero-order valence-corrected chi connectivity index (χ0v) is 10.2. The lowest BCUT2D eigenvalue weighted by Gasteiger charge is -2.32. The molecule has 1 unspecified atom stereocenters. The van der Waals surface area contributed by atoms with Crippen molar-refractivity contribution < 1.29 is 19.3 Å². The van der Waals surface area contributed by atoms with Crippen LogP contribution in [0.3, 0.4) is 0 Å². The minimum Gasteiger partial charge on any atom is -0.395 e. The van der Waals surface area contributed by atoms with Gasteiger partial charge in [0.05, 0.1) is 19.3 Å². The van der Waals surface area contributed by atoms with Gasteiger partial charge in [0.15, 0.2) is 0 Å². The Morgan fingerprint density at radius 1 is 1.29 bits per heavy atom. The highest BCUT2D eigenvalue weighted by molar-refractivity contribution is 5.27. The van der Waals surface area contributed by atoms with Gasteiger partial charge in [0.1, 0.15) is 5.82 Å². The maximum Gasteiger partial charge on any atom is 0.127 e. The van der Waals surface area contributed by atoms with E-state index in [0.717, 1.165) is 0 Å². The van der Waals surface area contributed by atoms with E-state index in [1.54, 1.807) is 25.3 Å². The molecule has 0 aliphatic heterocycles. The van der Waals surface area contributed by atoms with Gasteiger partial charge in [0, 0.05) is 12.5 Å². The number of aliphatic hydroxyl groups excluding tert-OH is 2. The van der Waals surface area contributed by atoms with E-state index < -0.39 is 11.2 Å². The second kappa shape index (κ2) is 6.10. The van der Waals surface area contributed by atoms with Gasteiger partial charge in [-0.25, -0.2) is 4.39 Å². The molecule has 1 atom stereocenters. The molecule has 0 spiro atoms. The van der Waals surface area contributed by atoms with Crippen LogP contribution in [0, 0.1) is 5.82 Å². The van der Waals surface area contributed by atoms with Crippen molar-refractivity contribution in [2.45, 2.75) is 24.9 Å². The number of hydrogen-bond donors (Lipinski definition) is 2. The van der Waals surface area contributed by atoms with Gasteiger partial charge in [0.2, 0.25) is 0 Å². The zero-order valence-electron chi connectivity index (χ0n) is 10.2. The summed E-state index contributed by atoms with van der Waals surface area (Å²) in [6.45, 7) is 1.18. The average molecular weight is 242 g/mol. The second-order valence-electron chi connectivity index (χ2n) is 4.33. The third-order valence-corrected chi connectivity index (χ3v) is 3.13. The van der Waals surface area contributed by atoms with Gasteiger partial charge in [0.25, 0.3) is 0 Å². The van der Waals surface area contributed by atoms with Crippen molar-refractivity contribution >= 4 is 0 Å². The molecular formula is C13H19FO3.